The Kier molecular flexibility index (Phi) is 5.94. The summed E-state index contributed by atoms with van der Waals surface area (Å²) in [5.74, 6) is -1.08. The molecule has 0 atom stereocenters. The van der Waals surface area contributed by atoms with Crippen LogP contribution in [0.4, 0.5) is 0 Å². The smallest absolute Gasteiger partial charge is 0.335 e. The monoisotopic (exact) mass is 286 g/mol. The molecule has 0 aromatic heterocycles. The third-order valence-corrected chi connectivity index (χ3v) is 3.96. The number of carbonyl (C=O) groups is 1. The zero-order valence-corrected chi connectivity index (χ0v) is 11.5. The van der Waals surface area contributed by atoms with Crippen molar-refractivity contribution in [2.24, 2.45) is 0 Å². The molecule has 0 saturated heterocycles. The maximum atomic E-state index is 11.9. The van der Waals surface area contributed by atoms with E-state index in [0.717, 1.165) is 13.1 Å². The lowest BCUT2D eigenvalue weighted by Gasteiger charge is -2.07. The van der Waals surface area contributed by atoms with Crippen molar-refractivity contribution in [2.75, 3.05) is 19.6 Å². The first-order valence-electron chi connectivity index (χ1n) is 6.01. The van der Waals surface area contributed by atoms with Gasteiger partial charge in [0, 0.05) is 6.54 Å². The van der Waals surface area contributed by atoms with E-state index in [9.17, 15) is 13.2 Å². The second kappa shape index (κ2) is 7.22. The van der Waals surface area contributed by atoms with Crippen LogP contribution >= 0.6 is 0 Å². The molecule has 0 aliphatic rings. The SMILES string of the molecule is CCNCCCNS(=O)(=O)c1ccc(C(=O)O)cc1. The molecule has 106 valence electrons. The topological polar surface area (TPSA) is 95.5 Å². The molecule has 1 aromatic rings. The van der Waals surface area contributed by atoms with Gasteiger partial charge in [0.1, 0.15) is 0 Å². The van der Waals surface area contributed by atoms with Crippen LogP contribution in [0.15, 0.2) is 29.2 Å². The van der Waals surface area contributed by atoms with E-state index in [1.165, 1.54) is 24.3 Å². The van der Waals surface area contributed by atoms with E-state index < -0.39 is 16.0 Å². The van der Waals surface area contributed by atoms with Gasteiger partial charge in [0.2, 0.25) is 10.0 Å². The summed E-state index contributed by atoms with van der Waals surface area (Å²) in [7, 11) is -3.56. The number of carboxylic acids is 1. The molecule has 7 heteroatoms. The van der Waals surface area contributed by atoms with Crippen LogP contribution in [-0.4, -0.2) is 39.1 Å². The average molecular weight is 286 g/mol. The first-order chi connectivity index (χ1) is 8.97. The van der Waals surface area contributed by atoms with Gasteiger partial charge in [0.15, 0.2) is 0 Å². The van der Waals surface area contributed by atoms with Crippen molar-refractivity contribution >= 4 is 16.0 Å². The van der Waals surface area contributed by atoms with E-state index in [0.29, 0.717) is 13.0 Å². The standard InChI is InChI=1S/C12H18N2O4S/c1-2-13-8-3-9-14-19(17,18)11-6-4-10(5-7-11)12(15)16/h4-7,13-14H,2-3,8-9H2,1H3,(H,15,16). The van der Waals surface area contributed by atoms with Crippen molar-refractivity contribution in [1.29, 1.82) is 0 Å². The summed E-state index contributed by atoms with van der Waals surface area (Å²) in [6, 6.07) is 5.12. The Morgan fingerprint density at radius 1 is 1.21 bits per heavy atom. The van der Waals surface area contributed by atoms with Gasteiger partial charge in [0.05, 0.1) is 10.5 Å². The zero-order valence-electron chi connectivity index (χ0n) is 10.7. The van der Waals surface area contributed by atoms with Crippen LogP contribution in [-0.2, 0) is 10.0 Å². The highest BCUT2D eigenvalue weighted by atomic mass is 32.2. The number of hydrogen-bond donors (Lipinski definition) is 3. The Labute approximate surface area is 112 Å². The molecule has 0 bridgehead atoms. The molecule has 0 heterocycles. The number of rotatable bonds is 8. The fourth-order valence-corrected chi connectivity index (χ4v) is 2.53. The minimum Gasteiger partial charge on any atom is -0.478 e. The van der Waals surface area contributed by atoms with E-state index in [-0.39, 0.29) is 10.5 Å². The first-order valence-corrected chi connectivity index (χ1v) is 7.49. The zero-order chi connectivity index (χ0) is 14.3. The third kappa shape index (κ3) is 4.98. The van der Waals surface area contributed by atoms with Crippen molar-refractivity contribution in [3.8, 4) is 0 Å². The summed E-state index contributed by atoms with van der Waals surface area (Å²) in [5, 5.41) is 11.8. The molecule has 0 saturated carbocycles. The van der Waals surface area contributed by atoms with E-state index in [2.05, 4.69) is 10.0 Å². The molecule has 1 aromatic carbocycles. The number of carboxylic acid groups (broad SMARTS) is 1. The molecule has 0 fully saturated rings. The van der Waals surface area contributed by atoms with Gasteiger partial charge in [0.25, 0.3) is 0 Å². The van der Waals surface area contributed by atoms with Crippen LogP contribution < -0.4 is 10.0 Å². The molecule has 1 rings (SSSR count). The van der Waals surface area contributed by atoms with Crippen molar-refractivity contribution in [3.63, 3.8) is 0 Å². The fourth-order valence-electron chi connectivity index (χ4n) is 1.46. The van der Waals surface area contributed by atoms with E-state index >= 15 is 0 Å². The summed E-state index contributed by atoms with van der Waals surface area (Å²) in [6.07, 6.45) is 0.695. The molecule has 0 spiro atoms. The Hall–Kier alpha value is -1.44. The minimum atomic E-state index is -3.56. The van der Waals surface area contributed by atoms with Gasteiger partial charge in [-0.25, -0.2) is 17.9 Å². The van der Waals surface area contributed by atoms with E-state index in [1.807, 2.05) is 6.92 Å². The molecule has 0 unspecified atom stereocenters. The molecule has 0 radical (unpaired) electrons. The van der Waals surface area contributed by atoms with Crippen LogP contribution in [0.3, 0.4) is 0 Å². The Morgan fingerprint density at radius 3 is 2.37 bits per heavy atom. The lowest BCUT2D eigenvalue weighted by molar-refractivity contribution is 0.0696. The first kappa shape index (κ1) is 15.6. The Balaban J connectivity index is 2.59. The summed E-state index contributed by atoms with van der Waals surface area (Å²) in [6.45, 7) is 3.92. The van der Waals surface area contributed by atoms with Gasteiger partial charge in [-0.1, -0.05) is 6.92 Å². The summed E-state index contributed by atoms with van der Waals surface area (Å²) >= 11 is 0. The Bertz CT molecular complexity index is 511. The van der Waals surface area contributed by atoms with E-state index in [4.69, 9.17) is 5.11 Å². The largest absolute Gasteiger partial charge is 0.478 e. The molecule has 3 N–H and O–H groups in total. The number of aromatic carboxylic acids is 1. The number of hydrogen-bond acceptors (Lipinski definition) is 4. The lowest BCUT2D eigenvalue weighted by Crippen LogP contribution is -2.27. The van der Waals surface area contributed by atoms with Gasteiger partial charge in [-0.3, -0.25) is 0 Å². The summed E-state index contributed by atoms with van der Waals surface area (Å²) in [4.78, 5) is 10.7. The number of sulfonamides is 1. The van der Waals surface area contributed by atoms with Gasteiger partial charge >= 0.3 is 5.97 Å². The van der Waals surface area contributed by atoms with Gasteiger partial charge in [-0.05, 0) is 43.8 Å². The third-order valence-electron chi connectivity index (χ3n) is 2.48. The lowest BCUT2D eigenvalue weighted by atomic mass is 10.2. The predicted molar refractivity (Wildman–Crippen MR) is 71.8 cm³/mol. The second-order valence-corrected chi connectivity index (χ2v) is 5.70. The van der Waals surface area contributed by atoms with Crippen LogP contribution in [0.2, 0.25) is 0 Å². The van der Waals surface area contributed by atoms with Crippen LogP contribution in [0.1, 0.15) is 23.7 Å². The minimum absolute atomic E-state index is 0.0612. The van der Waals surface area contributed by atoms with Gasteiger partial charge < -0.3 is 10.4 Å². The molecular weight excluding hydrogens is 268 g/mol. The Morgan fingerprint density at radius 2 is 1.84 bits per heavy atom. The molecular formula is C12H18N2O4S. The maximum Gasteiger partial charge on any atom is 0.335 e. The van der Waals surface area contributed by atoms with Crippen molar-refractivity contribution in [2.45, 2.75) is 18.2 Å². The normalized spacial score (nSPS) is 11.4. The number of nitrogens with one attached hydrogen (secondary N) is 2. The molecule has 6 nitrogen and oxygen atoms in total. The molecule has 0 aliphatic carbocycles. The van der Waals surface area contributed by atoms with Crippen LogP contribution in [0.25, 0.3) is 0 Å². The molecule has 0 amide bonds. The summed E-state index contributed by atoms with van der Waals surface area (Å²) < 4.78 is 26.2. The highest BCUT2D eigenvalue weighted by Gasteiger charge is 2.13. The van der Waals surface area contributed by atoms with Crippen molar-refractivity contribution < 1.29 is 18.3 Å². The van der Waals surface area contributed by atoms with Crippen molar-refractivity contribution in [3.05, 3.63) is 29.8 Å². The van der Waals surface area contributed by atoms with Gasteiger partial charge in [-0.2, -0.15) is 0 Å². The summed E-state index contributed by atoms with van der Waals surface area (Å²) in [5.41, 5.74) is 0.0612. The fraction of sp³-hybridized carbons (Fsp3) is 0.417. The van der Waals surface area contributed by atoms with Crippen molar-refractivity contribution in [1.82, 2.24) is 10.0 Å². The van der Waals surface area contributed by atoms with Gasteiger partial charge in [-0.15, -0.1) is 0 Å². The quantitative estimate of drug-likeness (QED) is 0.610. The molecule has 0 aliphatic heterocycles. The highest BCUT2D eigenvalue weighted by molar-refractivity contribution is 7.89. The predicted octanol–water partition coefficient (Wildman–Crippen LogP) is 0.663. The van der Waals surface area contributed by atoms with E-state index in [1.54, 1.807) is 0 Å². The number of benzene rings is 1. The highest BCUT2D eigenvalue weighted by Crippen LogP contribution is 2.10. The molecule has 19 heavy (non-hydrogen) atoms. The second-order valence-electron chi connectivity index (χ2n) is 3.93. The maximum absolute atomic E-state index is 11.9. The van der Waals surface area contributed by atoms with Crippen LogP contribution in [0.5, 0.6) is 0 Å². The van der Waals surface area contributed by atoms with Crippen LogP contribution in [0, 0.1) is 0 Å². The average Bonchev–Trinajstić information content (AvgIpc) is 2.38.